The van der Waals surface area contributed by atoms with Crippen molar-refractivity contribution in [3.8, 4) is 5.75 Å². The molecule has 0 heterocycles. The van der Waals surface area contributed by atoms with Gasteiger partial charge in [-0.15, -0.1) is 11.6 Å². The molecule has 0 saturated heterocycles. The third-order valence-electron chi connectivity index (χ3n) is 2.92. The number of amides is 1. The van der Waals surface area contributed by atoms with Crippen molar-refractivity contribution >= 4 is 29.1 Å². The van der Waals surface area contributed by atoms with Crippen LogP contribution in [0.1, 0.15) is 37.0 Å². The lowest BCUT2D eigenvalue weighted by atomic mass is 9.88. The minimum absolute atomic E-state index is 0.0290. The number of aromatic hydroxyl groups is 1. The molecule has 0 aliphatic carbocycles. The molecule has 0 saturated carbocycles. The molecule has 0 atom stereocenters. The van der Waals surface area contributed by atoms with Crippen LogP contribution in [0, 0.1) is 5.41 Å². The van der Waals surface area contributed by atoms with Crippen molar-refractivity contribution in [1.29, 1.82) is 0 Å². The normalized spacial score (nSPS) is 11.4. The predicted molar refractivity (Wildman–Crippen MR) is 79.2 cm³/mol. The van der Waals surface area contributed by atoms with Crippen molar-refractivity contribution < 1.29 is 9.90 Å². The van der Waals surface area contributed by atoms with Crippen LogP contribution in [-0.4, -0.2) is 23.4 Å². The Morgan fingerprint density at radius 2 is 2.11 bits per heavy atom. The maximum absolute atomic E-state index is 12.0. The van der Waals surface area contributed by atoms with Gasteiger partial charge >= 0.3 is 0 Å². The van der Waals surface area contributed by atoms with Gasteiger partial charge in [0.05, 0.1) is 5.56 Å². The van der Waals surface area contributed by atoms with Crippen molar-refractivity contribution in [2.45, 2.75) is 26.7 Å². The fourth-order valence-electron chi connectivity index (χ4n) is 1.74. The van der Waals surface area contributed by atoms with Gasteiger partial charge in [0, 0.05) is 17.4 Å². The lowest BCUT2D eigenvalue weighted by molar-refractivity contribution is 0.0932. The van der Waals surface area contributed by atoms with E-state index in [0.717, 1.165) is 12.8 Å². The monoisotopic (exact) mass is 303 g/mol. The molecule has 5 heteroatoms. The first-order valence-electron chi connectivity index (χ1n) is 6.18. The maximum Gasteiger partial charge on any atom is 0.255 e. The Morgan fingerprint density at radius 3 is 2.74 bits per heavy atom. The first kappa shape index (κ1) is 16.1. The van der Waals surface area contributed by atoms with Crippen LogP contribution in [0.2, 0.25) is 5.02 Å². The smallest absolute Gasteiger partial charge is 0.255 e. The number of rotatable bonds is 6. The molecule has 0 aliphatic heterocycles. The summed E-state index contributed by atoms with van der Waals surface area (Å²) in [6, 6.07) is 4.41. The second-order valence-corrected chi connectivity index (χ2v) is 6.12. The largest absolute Gasteiger partial charge is 0.507 e. The standard InChI is InChI=1S/C14H19Cl2NO2/c1-14(2,6-3-7-15)9-17-13(19)11-8-10(16)4-5-12(11)18/h4-5,8,18H,3,6-7,9H2,1-2H3,(H,17,19). The fraction of sp³-hybridized carbons (Fsp3) is 0.500. The van der Waals surface area contributed by atoms with E-state index in [9.17, 15) is 9.90 Å². The Morgan fingerprint density at radius 1 is 1.42 bits per heavy atom. The van der Waals surface area contributed by atoms with Gasteiger partial charge in [0.1, 0.15) is 5.75 Å². The van der Waals surface area contributed by atoms with E-state index in [1.807, 2.05) is 0 Å². The minimum atomic E-state index is -0.320. The van der Waals surface area contributed by atoms with Crippen LogP contribution in [-0.2, 0) is 0 Å². The zero-order valence-electron chi connectivity index (χ0n) is 11.2. The molecule has 106 valence electrons. The van der Waals surface area contributed by atoms with Crippen LogP contribution in [0.5, 0.6) is 5.75 Å². The summed E-state index contributed by atoms with van der Waals surface area (Å²) in [5.41, 5.74) is 0.166. The van der Waals surface area contributed by atoms with E-state index in [1.165, 1.54) is 18.2 Å². The van der Waals surface area contributed by atoms with Crippen LogP contribution in [0.15, 0.2) is 18.2 Å². The van der Waals surface area contributed by atoms with E-state index in [-0.39, 0.29) is 22.6 Å². The van der Waals surface area contributed by atoms with Crippen molar-refractivity contribution in [3.63, 3.8) is 0 Å². The van der Waals surface area contributed by atoms with Gasteiger partial charge in [0.2, 0.25) is 0 Å². The molecule has 0 spiro atoms. The summed E-state index contributed by atoms with van der Waals surface area (Å²) >= 11 is 11.5. The number of nitrogens with one attached hydrogen (secondary N) is 1. The predicted octanol–water partition coefficient (Wildman–Crippen LogP) is 3.82. The molecule has 0 aromatic heterocycles. The number of phenols is 1. The highest BCUT2D eigenvalue weighted by molar-refractivity contribution is 6.31. The highest BCUT2D eigenvalue weighted by Crippen LogP contribution is 2.24. The number of carbonyl (C=O) groups excluding carboxylic acids is 1. The Labute approximate surface area is 123 Å². The van der Waals surface area contributed by atoms with Crippen LogP contribution in [0.25, 0.3) is 0 Å². The van der Waals surface area contributed by atoms with Gasteiger partial charge in [0.15, 0.2) is 0 Å². The number of hydrogen-bond donors (Lipinski definition) is 2. The Hall–Kier alpha value is -0.930. The van der Waals surface area contributed by atoms with Crippen molar-refractivity contribution in [2.24, 2.45) is 5.41 Å². The number of halogens is 2. The molecule has 1 rings (SSSR count). The van der Waals surface area contributed by atoms with E-state index in [0.29, 0.717) is 17.4 Å². The average Bonchev–Trinajstić information content (AvgIpc) is 2.36. The first-order chi connectivity index (χ1) is 8.85. The van der Waals surface area contributed by atoms with Crippen LogP contribution < -0.4 is 5.32 Å². The molecule has 0 unspecified atom stereocenters. The van der Waals surface area contributed by atoms with E-state index in [4.69, 9.17) is 23.2 Å². The third kappa shape index (κ3) is 5.29. The lowest BCUT2D eigenvalue weighted by Crippen LogP contribution is -2.34. The first-order valence-corrected chi connectivity index (χ1v) is 7.10. The summed E-state index contributed by atoms with van der Waals surface area (Å²) in [7, 11) is 0. The van der Waals surface area contributed by atoms with Gasteiger partial charge in [-0.25, -0.2) is 0 Å². The van der Waals surface area contributed by atoms with Gasteiger partial charge in [-0.1, -0.05) is 25.4 Å². The summed E-state index contributed by atoms with van der Waals surface area (Å²) in [6.07, 6.45) is 1.84. The Kier molecular flexibility index (Phi) is 5.95. The van der Waals surface area contributed by atoms with Crippen LogP contribution in [0.4, 0.5) is 0 Å². The SMILES string of the molecule is CC(C)(CCCCl)CNC(=O)c1cc(Cl)ccc1O. The Balaban J connectivity index is 2.62. The molecule has 19 heavy (non-hydrogen) atoms. The number of hydrogen-bond acceptors (Lipinski definition) is 2. The molecule has 0 fully saturated rings. The van der Waals surface area contributed by atoms with Gasteiger partial charge < -0.3 is 10.4 Å². The molecule has 1 aromatic rings. The zero-order valence-corrected chi connectivity index (χ0v) is 12.7. The van der Waals surface area contributed by atoms with Crippen LogP contribution in [0.3, 0.4) is 0 Å². The summed E-state index contributed by atoms with van der Waals surface area (Å²) in [4.78, 5) is 12.0. The number of benzene rings is 1. The Bertz CT molecular complexity index is 447. The molecule has 1 amide bonds. The molecular weight excluding hydrogens is 285 g/mol. The van der Waals surface area contributed by atoms with Gasteiger partial charge in [-0.3, -0.25) is 4.79 Å². The number of alkyl halides is 1. The van der Waals surface area contributed by atoms with E-state index in [2.05, 4.69) is 19.2 Å². The number of carbonyl (C=O) groups is 1. The summed E-state index contributed by atoms with van der Waals surface area (Å²) in [6.45, 7) is 4.66. The molecule has 2 N–H and O–H groups in total. The average molecular weight is 304 g/mol. The highest BCUT2D eigenvalue weighted by Gasteiger charge is 2.20. The molecule has 0 radical (unpaired) electrons. The second-order valence-electron chi connectivity index (χ2n) is 5.30. The van der Waals surface area contributed by atoms with Gasteiger partial charge in [0.25, 0.3) is 5.91 Å². The topological polar surface area (TPSA) is 49.3 Å². The molecule has 0 bridgehead atoms. The molecular formula is C14H19Cl2NO2. The van der Waals surface area contributed by atoms with Crippen LogP contribution >= 0.6 is 23.2 Å². The maximum atomic E-state index is 12.0. The highest BCUT2D eigenvalue weighted by atomic mass is 35.5. The van der Waals surface area contributed by atoms with E-state index < -0.39 is 0 Å². The van der Waals surface area contributed by atoms with Gasteiger partial charge in [-0.05, 0) is 36.5 Å². The zero-order chi connectivity index (χ0) is 14.5. The quantitative estimate of drug-likeness (QED) is 0.785. The van der Waals surface area contributed by atoms with E-state index >= 15 is 0 Å². The fourth-order valence-corrected chi connectivity index (χ4v) is 2.04. The summed E-state index contributed by atoms with van der Waals surface area (Å²) in [5.74, 6) is 0.228. The van der Waals surface area contributed by atoms with Crippen molar-refractivity contribution in [2.75, 3.05) is 12.4 Å². The minimum Gasteiger partial charge on any atom is -0.507 e. The summed E-state index contributed by atoms with van der Waals surface area (Å²) < 4.78 is 0. The van der Waals surface area contributed by atoms with Gasteiger partial charge in [-0.2, -0.15) is 0 Å². The second kappa shape index (κ2) is 7.01. The number of phenolic OH excluding ortho intramolecular Hbond substituents is 1. The van der Waals surface area contributed by atoms with Crippen molar-refractivity contribution in [1.82, 2.24) is 5.32 Å². The molecule has 0 aliphatic rings. The molecule has 3 nitrogen and oxygen atoms in total. The van der Waals surface area contributed by atoms with Crippen molar-refractivity contribution in [3.05, 3.63) is 28.8 Å². The van der Waals surface area contributed by atoms with E-state index in [1.54, 1.807) is 0 Å². The third-order valence-corrected chi connectivity index (χ3v) is 3.42. The lowest BCUT2D eigenvalue weighted by Gasteiger charge is -2.24. The summed E-state index contributed by atoms with van der Waals surface area (Å²) in [5, 5.41) is 12.9. The molecule has 1 aromatic carbocycles.